The van der Waals surface area contributed by atoms with E-state index in [1.807, 2.05) is 0 Å². The number of likely N-dealkylation sites (tertiary alicyclic amines) is 1. The molecule has 0 radical (unpaired) electrons. The molecule has 0 aromatic heterocycles. The highest BCUT2D eigenvalue weighted by molar-refractivity contribution is 5.85. The number of ether oxygens (including phenoxy) is 1. The molecule has 1 aromatic rings. The van der Waals surface area contributed by atoms with Crippen molar-refractivity contribution < 1.29 is 4.74 Å². The van der Waals surface area contributed by atoms with Gasteiger partial charge in [-0.1, -0.05) is 18.6 Å². The number of halogens is 1. The van der Waals surface area contributed by atoms with Gasteiger partial charge in [-0.05, 0) is 76.1 Å². The van der Waals surface area contributed by atoms with E-state index in [1.54, 1.807) is 0 Å². The lowest BCUT2D eigenvalue weighted by molar-refractivity contribution is 0.220. The number of rotatable bonds is 10. The van der Waals surface area contributed by atoms with E-state index in [0.717, 1.165) is 51.4 Å². The molecule has 1 fully saturated rings. The number of benzene rings is 1. The van der Waals surface area contributed by atoms with Crippen LogP contribution in [0.2, 0.25) is 0 Å². The predicted molar refractivity (Wildman–Crippen MR) is 99.5 cm³/mol. The van der Waals surface area contributed by atoms with Crippen molar-refractivity contribution in [2.75, 3.05) is 39.3 Å². The second kappa shape index (κ2) is 12.6. The molecular formula is C18H32ClN3O. The molecule has 0 saturated carbocycles. The van der Waals surface area contributed by atoms with Gasteiger partial charge in [-0.15, -0.1) is 12.4 Å². The molecule has 1 aliphatic rings. The Balaban J connectivity index is 0.00000264. The molecule has 0 atom stereocenters. The zero-order valence-corrected chi connectivity index (χ0v) is 15.0. The first-order chi connectivity index (χ1) is 10.9. The number of piperidine rings is 1. The highest BCUT2D eigenvalue weighted by Crippen LogP contribution is 2.17. The lowest BCUT2D eigenvalue weighted by atomic mass is 10.1. The van der Waals surface area contributed by atoms with Crippen molar-refractivity contribution in [3.63, 3.8) is 0 Å². The van der Waals surface area contributed by atoms with Gasteiger partial charge in [0.15, 0.2) is 0 Å². The molecule has 2 rings (SSSR count). The van der Waals surface area contributed by atoms with Crippen molar-refractivity contribution in [3.05, 3.63) is 29.8 Å². The lowest BCUT2D eigenvalue weighted by Crippen LogP contribution is -2.29. The van der Waals surface area contributed by atoms with E-state index in [9.17, 15) is 0 Å². The van der Waals surface area contributed by atoms with Crippen molar-refractivity contribution in [2.24, 2.45) is 5.73 Å². The molecule has 23 heavy (non-hydrogen) atoms. The minimum absolute atomic E-state index is 0. The van der Waals surface area contributed by atoms with Gasteiger partial charge in [-0.25, -0.2) is 0 Å². The van der Waals surface area contributed by atoms with Gasteiger partial charge in [-0.2, -0.15) is 0 Å². The SMILES string of the molecule is Cl.NCCCNCCCOc1cccc(CN2CCCCC2)c1. The standard InChI is InChI=1S/C18H31N3O.ClH/c19-9-5-10-20-11-6-14-22-18-8-4-7-17(15-18)16-21-12-2-1-3-13-21;/h4,7-8,15,20H,1-3,5-6,9-14,16,19H2;1H. The normalized spacial score (nSPS) is 15.2. The molecular weight excluding hydrogens is 310 g/mol. The van der Waals surface area contributed by atoms with Crippen LogP contribution in [0.4, 0.5) is 0 Å². The molecule has 3 N–H and O–H groups in total. The van der Waals surface area contributed by atoms with Crippen LogP contribution < -0.4 is 15.8 Å². The Morgan fingerprint density at radius 3 is 2.65 bits per heavy atom. The summed E-state index contributed by atoms with van der Waals surface area (Å²) < 4.78 is 5.86. The third-order valence-electron chi connectivity index (χ3n) is 4.08. The summed E-state index contributed by atoms with van der Waals surface area (Å²) in [4.78, 5) is 2.55. The van der Waals surface area contributed by atoms with Crippen LogP contribution in [-0.2, 0) is 6.54 Å². The second-order valence-electron chi connectivity index (χ2n) is 6.08. The van der Waals surface area contributed by atoms with Crippen LogP contribution >= 0.6 is 12.4 Å². The second-order valence-corrected chi connectivity index (χ2v) is 6.08. The van der Waals surface area contributed by atoms with Crippen molar-refractivity contribution in [2.45, 2.75) is 38.6 Å². The van der Waals surface area contributed by atoms with Crippen LogP contribution in [0.5, 0.6) is 5.75 Å². The van der Waals surface area contributed by atoms with Crippen LogP contribution in [0.15, 0.2) is 24.3 Å². The van der Waals surface area contributed by atoms with E-state index in [1.165, 1.54) is 37.9 Å². The van der Waals surface area contributed by atoms with E-state index >= 15 is 0 Å². The summed E-state index contributed by atoms with van der Waals surface area (Å²) in [5.74, 6) is 0.997. The van der Waals surface area contributed by atoms with E-state index < -0.39 is 0 Å². The number of nitrogens with zero attached hydrogens (tertiary/aromatic N) is 1. The molecule has 0 spiro atoms. The molecule has 0 unspecified atom stereocenters. The molecule has 1 aromatic carbocycles. The number of nitrogens with one attached hydrogen (secondary N) is 1. The smallest absolute Gasteiger partial charge is 0.119 e. The van der Waals surface area contributed by atoms with Crippen molar-refractivity contribution >= 4 is 12.4 Å². The maximum atomic E-state index is 5.86. The first-order valence-electron chi connectivity index (χ1n) is 8.73. The average Bonchev–Trinajstić information content (AvgIpc) is 2.55. The Bertz CT molecular complexity index is 411. The Kier molecular flexibility index (Phi) is 11.1. The fourth-order valence-corrected chi connectivity index (χ4v) is 2.85. The Morgan fingerprint density at radius 2 is 1.87 bits per heavy atom. The zero-order valence-electron chi connectivity index (χ0n) is 14.1. The van der Waals surface area contributed by atoms with Crippen LogP contribution in [0.25, 0.3) is 0 Å². The third kappa shape index (κ3) is 8.56. The van der Waals surface area contributed by atoms with Gasteiger partial charge >= 0.3 is 0 Å². The summed E-state index contributed by atoms with van der Waals surface area (Å²) in [6.07, 6.45) is 6.14. The van der Waals surface area contributed by atoms with Gasteiger partial charge in [0.1, 0.15) is 5.75 Å². The first kappa shape index (κ1) is 20.2. The monoisotopic (exact) mass is 341 g/mol. The van der Waals surface area contributed by atoms with Crippen LogP contribution in [-0.4, -0.2) is 44.2 Å². The van der Waals surface area contributed by atoms with Crippen molar-refractivity contribution in [1.82, 2.24) is 10.2 Å². The molecule has 0 bridgehead atoms. The van der Waals surface area contributed by atoms with Gasteiger partial charge in [0.25, 0.3) is 0 Å². The fraction of sp³-hybridized carbons (Fsp3) is 0.667. The molecule has 1 heterocycles. The third-order valence-corrected chi connectivity index (χ3v) is 4.08. The van der Waals surface area contributed by atoms with Gasteiger partial charge in [0, 0.05) is 6.54 Å². The number of nitrogens with two attached hydrogens (primary N) is 1. The number of hydrogen-bond donors (Lipinski definition) is 2. The zero-order chi connectivity index (χ0) is 15.5. The first-order valence-corrected chi connectivity index (χ1v) is 8.73. The summed E-state index contributed by atoms with van der Waals surface area (Å²) in [6, 6.07) is 8.56. The topological polar surface area (TPSA) is 50.5 Å². The van der Waals surface area contributed by atoms with Gasteiger partial charge in [0.05, 0.1) is 6.61 Å². The average molecular weight is 342 g/mol. The molecule has 5 heteroatoms. The Labute approximate surface area is 147 Å². The maximum absolute atomic E-state index is 5.86. The molecule has 0 amide bonds. The van der Waals surface area contributed by atoms with Crippen molar-refractivity contribution in [1.29, 1.82) is 0 Å². The van der Waals surface area contributed by atoms with Crippen LogP contribution in [0, 0.1) is 0 Å². The summed E-state index contributed by atoms with van der Waals surface area (Å²) >= 11 is 0. The minimum Gasteiger partial charge on any atom is -0.494 e. The Hall–Kier alpha value is -0.810. The number of hydrogen-bond acceptors (Lipinski definition) is 4. The predicted octanol–water partition coefficient (Wildman–Crippen LogP) is 2.80. The van der Waals surface area contributed by atoms with Crippen molar-refractivity contribution in [3.8, 4) is 5.75 Å². The van der Waals surface area contributed by atoms with Gasteiger partial charge in [0.2, 0.25) is 0 Å². The fourth-order valence-electron chi connectivity index (χ4n) is 2.85. The van der Waals surface area contributed by atoms with Crippen LogP contribution in [0.1, 0.15) is 37.7 Å². The summed E-state index contributed by atoms with van der Waals surface area (Å²) in [6.45, 7) is 7.04. The van der Waals surface area contributed by atoms with E-state index in [0.29, 0.717) is 0 Å². The summed E-state index contributed by atoms with van der Waals surface area (Å²) in [7, 11) is 0. The Morgan fingerprint density at radius 1 is 1.09 bits per heavy atom. The van der Waals surface area contributed by atoms with Crippen LogP contribution in [0.3, 0.4) is 0 Å². The molecule has 4 nitrogen and oxygen atoms in total. The minimum atomic E-state index is 0. The largest absolute Gasteiger partial charge is 0.494 e. The van der Waals surface area contributed by atoms with Gasteiger partial charge in [-0.3, -0.25) is 4.90 Å². The molecule has 132 valence electrons. The maximum Gasteiger partial charge on any atom is 0.119 e. The molecule has 1 saturated heterocycles. The van der Waals surface area contributed by atoms with E-state index in [-0.39, 0.29) is 12.4 Å². The highest BCUT2D eigenvalue weighted by Gasteiger charge is 2.10. The highest BCUT2D eigenvalue weighted by atomic mass is 35.5. The quantitative estimate of drug-likeness (QED) is 0.642. The van der Waals surface area contributed by atoms with E-state index in [4.69, 9.17) is 10.5 Å². The van der Waals surface area contributed by atoms with E-state index in [2.05, 4.69) is 34.5 Å². The van der Waals surface area contributed by atoms with Gasteiger partial charge < -0.3 is 15.8 Å². The summed E-state index contributed by atoms with van der Waals surface area (Å²) in [5, 5.41) is 3.37. The summed E-state index contributed by atoms with van der Waals surface area (Å²) in [5.41, 5.74) is 6.82. The molecule has 1 aliphatic heterocycles. The lowest BCUT2D eigenvalue weighted by Gasteiger charge is -2.26. The molecule has 0 aliphatic carbocycles.